The number of nitrogens with zero attached hydrogens (tertiary/aromatic N) is 4. The van der Waals surface area contributed by atoms with Crippen molar-refractivity contribution in [1.82, 2.24) is 20.4 Å². The lowest BCUT2D eigenvalue weighted by atomic mass is 9.46. The lowest BCUT2D eigenvalue weighted by Gasteiger charge is -2.63. The van der Waals surface area contributed by atoms with E-state index in [9.17, 15) is 0 Å². The van der Waals surface area contributed by atoms with E-state index in [0.717, 1.165) is 25.7 Å². The topological polar surface area (TPSA) is 66.7 Å². The molecule has 4 fully saturated rings. The second-order valence-electron chi connectivity index (χ2n) is 8.83. The number of halogens is 1. The molecule has 8 heteroatoms. The fraction of sp³-hybridized carbons (Fsp3) is 0.800. The summed E-state index contributed by atoms with van der Waals surface area (Å²) < 4.78 is 7.93. The zero-order valence-electron chi connectivity index (χ0n) is 16.9. The lowest BCUT2D eigenvalue weighted by Crippen LogP contribution is -2.73. The van der Waals surface area contributed by atoms with E-state index in [4.69, 9.17) is 4.74 Å². The van der Waals surface area contributed by atoms with Crippen LogP contribution < -0.4 is 15.5 Å². The molecular weight excluding hydrogens is 467 g/mol. The predicted molar refractivity (Wildman–Crippen MR) is 121 cm³/mol. The Morgan fingerprint density at radius 1 is 1.29 bits per heavy atom. The van der Waals surface area contributed by atoms with Crippen LogP contribution in [-0.4, -0.2) is 60.7 Å². The van der Waals surface area contributed by atoms with E-state index in [2.05, 4.69) is 31.8 Å². The Kier molecular flexibility index (Phi) is 5.79. The second-order valence-corrected chi connectivity index (χ2v) is 8.83. The summed E-state index contributed by atoms with van der Waals surface area (Å²) in [5.41, 5.74) is 1.60. The third-order valence-electron chi connectivity index (χ3n) is 7.37. The summed E-state index contributed by atoms with van der Waals surface area (Å²) in [5.74, 6) is 1.64. The Hall–Kier alpha value is -1.03. The van der Waals surface area contributed by atoms with Gasteiger partial charge in [-0.05, 0) is 32.1 Å². The highest BCUT2D eigenvalue weighted by atomic mass is 127. The number of ether oxygens (including phenoxy) is 1. The van der Waals surface area contributed by atoms with Crippen LogP contribution in [0.2, 0.25) is 0 Å². The summed E-state index contributed by atoms with van der Waals surface area (Å²) >= 11 is 0. The minimum Gasteiger partial charge on any atom is -0.377 e. The van der Waals surface area contributed by atoms with Crippen LogP contribution in [0.5, 0.6) is 0 Å². The van der Waals surface area contributed by atoms with E-state index in [0.29, 0.717) is 29.5 Å². The zero-order chi connectivity index (χ0) is 18.4. The van der Waals surface area contributed by atoms with Crippen molar-refractivity contribution in [2.45, 2.75) is 56.7 Å². The van der Waals surface area contributed by atoms with Crippen LogP contribution >= 0.6 is 24.0 Å². The number of hydrogen-bond acceptors (Lipinski definition) is 4. The Labute approximate surface area is 184 Å². The molecule has 1 aromatic heterocycles. The molecule has 0 amide bonds. The van der Waals surface area contributed by atoms with Gasteiger partial charge in [0.2, 0.25) is 0 Å². The fourth-order valence-corrected chi connectivity index (χ4v) is 5.87. The molecule has 4 aliphatic rings. The molecule has 28 heavy (non-hydrogen) atoms. The van der Waals surface area contributed by atoms with Gasteiger partial charge >= 0.3 is 0 Å². The number of fused-ring (bicyclic) bond motifs is 2. The van der Waals surface area contributed by atoms with Gasteiger partial charge in [0.15, 0.2) is 5.96 Å². The van der Waals surface area contributed by atoms with Crippen LogP contribution in [0, 0.1) is 11.3 Å². The van der Waals surface area contributed by atoms with E-state index in [1.165, 1.54) is 44.2 Å². The molecule has 2 saturated heterocycles. The molecule has 0 aromatic carbocycles. The molecule has 7 nitrogen and oxygen atoms in total. The highest BCUT2D eigenvalue weighted by molar-refractivity contribution is 14.0. The third-order valence-corrected chi connectivity index (χ3v) is 7.37. The minimum atomic E-state index is 0. The molecule has 4 unspecified atom stereocenters. The standard InChI is InChI=1S/C20H32N6O.HI/c1-21-19(24-17-16-6-10-27-18(16)20(17)7-4-8-20)23-14-5-3-9-26(12-14)15-11-22-25(2)13-15;/h11,13-14,16-18H,3-10,12H2,1-2H3,(H2,21,23,24);1H. The molecule has 1 spiro atoms. The summed E-state index contributed by atoms with van der Waals surface area (Å²) in [5, 5.41) is 11.8. The molecule has 2 N–H and O–H groups in total. The number of anilines is 1. The molecule has 2 aliphatic heterocycles. The number of aliphatic imine (C=N–C) groups is 1. The normalized spacial score (nSPS) is 33.5. The van der Waals surface area contributed by atoms with Crippen LogP contribution in [0.1, 0.15) is 38.5 Å². The Bertz CT molecular complexity index is 717. The first-order valence-electron chi connectivity index (χ1n) is 10.5. The van der Waals surface area contributed by atoms with Gasteiger partial charge in [-0.1, -0.05) is 6.42 Å². The summed E-state index contributed by atoms with van der Waals surface area (Å²) in [7, 11) is 3.87. The number of rotatable bonds is 3. The van der Waals surface area contributed by atoms with Crippen LogP contribution in [0.4, 0.5) is 5.69 Å². The minimum absolute atomic E-state index is 0. The Balaban J connectivity index is 0.00000192. The van der Waals surface area contributed by atoms with Crippen LogP contribution in [0.25, 0.3) is 0 Å². The SMILES string of the molecule is CN=C(NC1CCCN(c2cnn(C)c2)C1)NC1C2CCOC2C12CCC2.I. The number of hydrogen-bond donors (Lipinski definition) is 2. The average Bonchev–Trinajstić information content (AvgIpc) is 3.25. The van der Waals surface area contributed by atoms with Crippen molar-refractivity contribution in [3.05, 3.63) is 12.4 Å². The summed E-state index contributed by atoms with van der Waals surface area (Å²) in [6.45, 7) is 3.03. The quantitative estimate of drug-likeness (QED) is 0.378. The summed E-state index contributed by atoms with van der Waals surface area (Å²) in [4.78, 5) is 6.99. The molecule has 0 radical (unpaired) electrons. The Morgan fingerprint density at radius 2 is 2.14 bits per heavy atom. The molecule has 0 bridgehead atoms. The predicted octanol–water partition coefficient (Wildman–Crippen LogP) is 2.13. The van der Waals surface area contributed by atoms with Crippen molar-refractivity contribution < 1.29 is 4.74 Å². The van der Waals surface area contributed by atoms with Gasteiger partial charge in [0.1, 0.15) is 0 Å². The zero-order valence-corrected chi connectivity index (χ0v) is 19.3. The second kappa shape index (κ2) is 8.01. The molecule has 156 valence electrons. The summed E-state index contributed by atoms with van der Waals surface area (Å²) in [6.07, 6.45) is 12.1. The van der Waals surface area contributed by atoms with Gasteiger partial charge in [0.25, 0.3) is 0 Å². The first-order chi connectivity index (χ1) is 13.2. The largest absolute Gasteiger partial charge is 0.377 e. The van der Waals surface area contributed by atoms with Crippen molar-refractivity contribution in [1.29, 1.82) is 0 Å². The number of piperidine rings is 1. The molecule has 2 aliphatic carbocycles. The third kappa shape index (κ3) is 3.30. The van der Waals surface area contributed by atoms with Gasteiger partial charge in [0.05, 0.1) is 18.0 Å². The number of aryl methyl sites for hydroxylation is 1. The fourth-order valence-electron chi connectivity index (χ4n) is 5.87. The van der Waals surface area contributed by atoms with Gasteiger partial charge in [-0.15, -0.1) is 24.0 Å². The van der Waals surface area contributed by atoms with Crippen molar-refractivity contribution in [2.24, 2.45) is 23.4 Å². The maximum Gasteiger partial charge on any atom is 0.191 e. The molecule has 4 atom stereocenters. The van der Waals surface area contributed by atoms with Crippen molar-refractivity contribution in [2.75, 3.05) is 31.6 Å². The Morgan fingerprint density at radius 3 is 2.82 bits per heavy atom. The van der Waals surface area contributed by atoms with Crippen LogP contribution in [-0.2, 0) is 11.8 Å². The van der Waals surface area contributed by atoms with Gasteiger partial charge in [-0.3, -0.25) is 9.67 Å². The maximum absolute atomic E-state index is 6.06. The average molecular weight is 500 g/mol. The molecule has 3 heterocycles. The highest BCUT2D eigenvalue weighted by Crippen LogP contribution is 2.62. The monoisotopic (exact) mass is 500 g/mol. The van der Waals surface area contributed by atoms with E-state index in [1.807, 2.05) is 25.0 Å². The molecular formula is C20H33IN6O. The van der Waals surface area contributed by atoms with E-state index in [-0.39, 0.29) is 24.0 Å². The first kappa shape index (κ1) is 20.3. The van der Waals surface area contributed by atoms with Crippen molar-refractivity contribution in [3.63, 3.8) is 0 Å². The molecule has 5 rings (SSSR count). The molecule has 2 saturated carbocycles. The van der Waals surface area contributed by atoms with E-state index < -0.39 is 0 Å². The lowest BCUT2D eigenvalue weighted by molar-refractivity contribution is -0.171. The summed E-state index contributed by atoms with van der Waals surface area (Å²) in [6, 6.07) is 0.946. The smallest absolute Gasteiger partial charge is 0.191 e. The number of aromatic nitrogens is 2. The van der Waals surface area contributed by atoms with E-state index >= 15 is 0 Å². The highest BCUT2D eigenvalue weighted by Gasteiger charge is 2.66. The van der Waals surface area contributed by atoms with Gasteiger partial charge in [-0.25, -0.2) is 0 Å². The van der Waals surface area contributed by atoms with Gasteiger partial charge < -0.3 is 20.3 Å². The first-order valence-corrected chi connectivity index (χ1v) is 10.5. The van der Waals surface area contributed by atoms with Crippen LogP contribution in [0.3, 0.4) is 0 Å². The van der Waals surface area contributed by atoms with Gasteiger partial charge in [0, 0.05) is 63.4 Å². The van der Waals surface area contributed by atoms with Crippen molar-refractivity contribution in [3.8, 4) is 0 Å². The maximum atomic E-state index is 6.06. The number of guanidine groups is 1. The molecule has 1 aromatic rings. The van der Waals surface area contributed by atoms with Crippen LogP contribution in [0.15, 0.2) is 17.4 Å². The van der Waals surface area contributed by atoms with E-state index in [1.54, 1.807) is 0 Å². The van der Waals surface area contributed by atoms with Gasteiger partial charge in [-0.2, -0.15) is 5.10 Å². The number of nitrogens with one attached hydrogen (secondary N) is 2. The van der Waals surface area contributed by atoms with Crippen molar-refractivity contribution >= 4 is 35.6 Å².